The van der Waals surface area contributed by atoms with Crippen LogP contribution < -0.4 is 5.32 Å². The lowest BCUT2D eigenvalue weighted by molar-refractivity contribution is 0.333. The summed E-state index contributed by atoms with van der Waals surface area (Å²) in [6, 6.07) is 0.353. The van der Waals surface area contributed by atoms with E-state index in [-0.39, 0.29) is 0 Å². The summed E-state index contributed by atoms with van der Waals surface area (Å²) in [6.45, 7) is 0.783. The van der Waals surface area contributed by atoms with Crippen LogP contribution in [0.2, 0.25) is 0 Å². The van der Waals surface area contributed by atoms with Crippen LogP contribution >= 0.6 is 33.9 Å². The van der Waals surface area contributed by atoms with E-state index < -0.39 is 6.17 Å². The predicted molar refractivity (Wildman–Crippen MR) is 64.2 cm³/mol. The number of aromatic nitrogens is 1. The maximum atomic E-state index is 12.8. The monoisotopic (exact) mass is 326 g/mol. The highest BCUT2D eigenvalue weighted by molar-refractivity contribution is 14.1. The average molecular weight is 326 g/mol. The zero-order valence-electron chi connectivity index (χ0n) is 7.67. The van der Waals surface area contributed by atoms with Gasteiger partial charge in [0, 0.05) is 12.6 Å². The Bertz CT molecular complexity index is 305. The molecule has 1 fully saturated rings. The molecule has 0 amide bonds. The van der Waals surface area contributed by atoms with Gasteiger partial charge in [-0.25, -0.2) is 9.37 Å². The molecule has 0 spiro atoms. The van der Waals surface area contributed by atoms with E-state index in [9.17, 15) is 4.39 Å². The molecule has 1 aliphatic carbocycles. The number of hydrogen-bond donors (Lipinski definition) is 1. The lowest BCUT2D eigenvalue weighted by Gasteiger charge is -2.09. The van der Waals surface area contributed by atoms with Crippen LogP contribution in [0.15, 0.2) is 6.20 Å². The van der Waals surface area contributed by atoms with Crippen molar-refractivity contribution < 1.29 is 4.39 Å². The van der Waals surface area contributed by atoms with E-state index in [1.807, 2.05) is 6.20 Å². The Morgan fingerprint density at radius 2 is 2.50 bits per heavy atom. The zero-order chi connectivity index (χ0) is 9.97. The van der Waals surface area contributed by atoms with Crippen LogP contribution in [0.25, 0.3) is 0 Å². The van der Waals surface area contributed by atoms with Gasteiger partial charge >= 0.3 is 0 Å². The van der Waals surface area contributed by atoms with E-state index in [1.54, 1.807) is 11.3 Å². The molecule has 1 aromatic heterocycles. The van der Waals surface area contributed by atoms with Gasteiger partial charge in [0.2, 0.25) is 0 Å². The fourth-order valence-electron chi connectivity index (χ4n) is 1.71. The van der Waals surface area contributed by atoms with Crippen LogP contribution in [-0.4, -0.2) is 17.2 Å². The fourth-order valence-corrected chi connectivity index (χ4v) is 3.21. The molecule has 1 aromatic rings. The van der Waals surface area contributed by atoms with Gasteiger partial charge in [0.25, 0.3) is 0 Å². The number of nitrogens with one attached hydrogen (secondary N) is 1. The lowest BCUT2D eigenvalue weighted by atomic mass is 10.2. The highest BCUT2D eigenvalue weighted by Crippen LogP contribution is 2.22. The molecule has 78 valence electrons. The minimum absolute atomic E-state index is 0.353. The summed E-state index contributed by atoms with van der Waals surface area (Å²) in [6.07, 6.45) is 3.62. The van der Waals surface area contributed by atoms with Crippen molar-refractivity contribution in [3.05, 3.63) is 14.1 Å². The Morgan fingerprint density at radius 1 is 1.64 bits per heavy atom. The molecule has 2 rings (SSSR count). The molecule has 2 atom stereocenters. The number of thiazole rings is 1. The molecule has 0 radical (unpaired) electrons. The maximum Gasteiger partial charge on any atom is 0.107 e. The predicted octanol–water partition coefficient (Wildman–Crippen LogP) is 2.73. The first-order chi connectivity index (χ1) is 6.74. The van der Waals surface area contributed by atoms with Gasteiger partial charge in [0.1, 0.15) is 11.2 Å². The van der Waals surface area contributed by atoms with E-state index in [0.29, 0.717) is 18.9 Å². The molecule has 0 saturated heterocycles. The summed E-state index contributed by atoms with van der Waals surface area (Å²) < 4.78 is 14.1. The van der Waals surface area contributed by atoms with Crippen molar-refractivity contribution in [1.29, 1.82) is 0 Å². The van der Waals surface area contributed by atoms with Crippen molar-refractivity contribution in [2.75, 3.05) is 0 Å². The van der Waals surface area contributed by atoms with Crippen molar-refractivity contribution in [2.45, 2.75) is 38.0 Å². The quantitative estimate of drug-likeness (QED) is 0.864. The van der Waals surface area contributed by atoms with Gasteiger partial charge < -0.3 is 5.32 Å². The molecule has 1 N–H and O–H groups in total. The normalized spacial score (nSPS) is 27.0. The minimum Gasteiger partial charge on any atom is -0.308 e. The first-order valence-corrected chi connectivity index (χ1v) is 6.61. The van der Waals surface area contributed by atoms with Crippen molar-refractivity contribution in [3.8, 4) is 0 Å². The van der Waals surface area contributed by atoms with Crippen LogP contribution in [-0.2, 0) is 6.54 Å². The van der Waals surface area contributed by atoms with Crippen LogP contribution in [0.3, 0.4) is 0 Å². The third kappa shape index (κ3) is 2.87. The van der Waals surface area contributed by atoms with Crippen LogP contribution in [0.1, 0.15) is 24.3 Å². The fraction of sp³-hybridized carbons (Fsp3) is 0.667. The molecule has 2 unspecified atom stereocenters. The number of alkyl halides is 1. The van der Waals surface area contributed by atoms with Crippen molar-refractivity contribution in [3.63, 3.8) is 0 Å². The summed E-state index contributed by atoms with van der Waals surface area (Å²) in [7, 11) is 0. The SMILES string of the molecule is FC1CCC(NCc2ncc(I)s2)C1. The van der Waals surface area contributed by atoms with E-state index in [2.05, 4.69) is 32.9 Å². The Balaban J connectivity index is 1.77. The van der Waals surface area contributed by atoms with E-state index in [4.69, 9.17) is 0 Å². The molecule has 0 aliphatic heterocycles. The second-order valence-corrected chi connectivity index (χ2v) is 6.56. The van der Waals surface area contributed by atoms with Crippen LogP contribution in [0.5, 0.6) is 0 Å². The Hall–Kier alpha value is 0.250. The Morgan fingerprint density at radius 3 is 3.07 bits per heavy atom. The van der Waals surface area contributed by atoms with Gasteiger partial charge in [-0.3, -0.25) is 0 Å². The summed E-state index contributed by atoms with van der Waals surface area (Å²) in [5, 5.41) is 4.44. The van der Waals surface area contributed by atoms with E-state index >= 15 is 0 Å². The van der Waals surface area contributed by atoms with Gasteiger partial charge in [-0.1, -0.05) is 0 Å². The summed E-state index contributed by atoms with van der Waals surface area (Å²) in [4.78, 5) is 4.25. The van der Waals surface area contributed by atoms with Gasteiger partial charge in [-0.05, 0) is 41.9 Å². The maximum absolute atomic E-state index is 12.8. The Kier molecular flexibility index (Phi) is 3.73. The molecule has 1 saturated carbocycles. The molecular formula is C9H12FIN2S. The van der Waals surface area contributed by atoms with Crippen LogP contribution in [0.4, 0.5) is 4.39 Å². The molecule has 1 aliphatic rings. The highest BCUT2D eigenvalue weighted by atomic mass is 127. The van der Waals surface area contributed by atoms with Crippen molar-refractivity contribution in [2.24, 2.45) is 0 Å². The highest BCUT2D eigenvalue weighted by Gasteiger charge is 2.23. The Labute approximate surface area is 100 Å². The van der Waals surface area contributed by atoms with Gasteiger partial charge in [0.05, 0.1) is 9.08 Å². The second kappa shape index (κ2) is 4.85. The molecule has 0 bridgehead atoms. The van der Waals surface area contributed by atoms with Gasteiger partial charge in [-0.15, -0.1) is 11.3 Å². The topological polar surface area (TPSA) is 24.9 Å². The zero-order valence-corrected chi connectivity index (χ0v) is 10.6. The number of halogens is 2. The van der Waals surface area contributed by atoms with Crippen LogP contribution in [0, 0.1) is 2.88 Å². The van der Waals surface area contributed by atoms with Gasteiger partial charge in [0.15, 0.2) is 0 Å². The summed E-state index contributed by atoms with van der Waals surface area (Å²) >= 11 is 3.95. The second-order valence-electron chi connectivity index (χ2n) is 3.55. The lowest BCUT2D eigenvalue weighted by Crippen LogP contribution is -2.25. The molecule has 1 heterocycles. The van der Waals surface area contributed by atoms with Gasteiger partial charge in [-0.2, -0.15) is 0 Å². The third-order valence-electron chi connectivity index (χ3n) is 2.44. The van der Waals surface area contributed by atoms with Crippen molar-refractivity contribution >= 4 is 33.9 Å². The largest absolute Gasteiger partial charge is 0.308 e. The number of hydrogen-bond acceptors (Lipinski definition) is 3. The third-order valence-corrected chi connectivity index (χ3v) is 4.16. The first kappa shape index (κ1) is 10.8. The van der Waals surface area contributed by atoms with Crippen molar-refractivity contribution in [1.82, 2.24) is 10.3 Å². The minimum atomic E-state index is -0.594. The van der Waals surface area contributed by atoms with E-state index in [0.717, 1.165) is 18.0 Å². The molecule has 14 heavy (non-hydrogen) atoms. The molecular weight excluding hydrogens is 314 g/mol. The standard InChI is InChI=1S/C9H12FIN2S/c10-6-1-2-7(3-6)12-5-9-13-4-8(11)14-9/h4,6-7,12H,1-3,5H2. The molecule has 2 nitrogen and oxygen atoms in total. The summed E-state index contributed by atoms with van der Waals surface area (Å²) in [5.41, 5.74) is 0. The smallest absolute Gasteiger partial charge is 0.107 e. The number of nitrogens with zero attached hydrogens (tertiary/aromatic N) is 1. The van der Waals surface area contributed by atoms with E-state index in [1.165, 1.54) is 2.88 Å². The molecule has 0 aromatic carbocycles. The summed E-state index contributed by atoms with van der Waals surface area (Å²) in [5.74, 6) is 0. The molecule has 5 heteroatoms. The average Bonchev–Trinajstić information content (AvgIpc) is 2.72. The number of rotatable bonds is 3. The first-order valence-electron chi connectivity index (χ1n) is 4.71.